The quantitative estimate of drug-likeness (QED) is 0.190. The van der Waals surface area contributed by atoms with E-state index in [0.29, 0.717) is 30.5 Å². The van der Waals surface area contributed by atoms with Gasteiger partial charge in [-0.15, -0.1) is 6.58 Å². The molecule has 0 aromatic heterocycles. The van der Waals surface area contributed by atoms with E-state index in [0.717, 1.165) is 29.0 Å². The van der Waals surface area contributed by atoms with Crippen molar-refractivity contribution in [3.05, 3.63) is 83.9 Å². The highest BCUT2D eigenvalue weighted by Gasteiger charge is 2.14. The van der Waals surface area contributed by atoms with Crippen LogP contribution in [-0.4, -0.2) is 24.5 Å². The van der Waals surface area contributed by atoms with Crippen LogP contribution in [0.5, 0.6) is 11.5 Å². The van der Waals surface area contributed by atoms with Gasteiger partial charge in [-0.05, 0) is 66.5 Å². The lowest BCUT2D eigenvalue weighted by Crippen LogP contribution is -2.31. The molecule has 0 bridgehead atoms. The Labute approximate surface area is 195 Å². The van der Waals surface area contributed by atoms with Crippen molar-refractivity contribution >= 4 is 34.3 Å². The maximum atomic E-state index is 6.33. The molecule has 0 atom stereocenters. The molecule has 0 aliphatic carbocycles. The van der Waals surface area contributed by atoms with Gasteiger partial charge in [0.1, 0.15) is 6.61 Å². The lowest BCUT2D eigenvalue weighted by atomic mass is 10.0. The summed E-state index contributed by atoms with van der Waals surface area (Å²) >= 11 is 5.14. The first-order valence-corrected chi connectivity index (χ1v) is 11.1. The van der Waals surface area contributed by atoms with Crippen LogP contribution in [0.1, 0.15) is 30.5 Å². The zero-order valence-corrected chi connectivity index (χ0v) is 19.4. The largest absolute Gasteiger partial charge is 0.490 e. The molecule has 0 unspecified atom stereocenters. The highest BCUT2D eigenvalue weighted by Crippen LogP contribution is 2.34. The smallest absolute Gasteiger partial charge is 0.186 e. The van der Waals surface area contributed by atoms with Crippen LogP contribution in [0.3, 0.4) is 0 Å². The topological polar surface area (TPSA) is 54.9 Å². The van der Waals surface area contributed by atoms with Gasteiger partial charge in [0.25, 0.3) is 0 Å². The standard InChI is InChI=1S/C26H29N3O2S/c1-4-10-21-15-19(17-28-29-26(32)27-5-2)16-24(30-6-3)25(21)31-18-22-13-9-12-20-11-7-8-14-23(20)22/h4,7-9,11-17H,1,5-6,10,18H2,2-3H3,(H2,27,29,32)/b28-17-. The van der Waals surface area contributed by atoms with E-state index in [9.17, 15) is 0 Å². The number of hydrazone groups is 1. The Bertz CT molecular complexity index is 1110. The second kappa shape index (κ2) is 11.9. The van der Waals surface area contributed by atoms with E-state index in [1.54, 1.807) is 6.21 Å². The molecule has 0 aliphatic rings. The number of thiocarbonyl (C=S) groups is 1. The van der Waals surface area contributed by atoms with E-state index in [1.807, 2.05) is 44.2 Å². The molecule has 3 rings (SSSR count). The Hall–Kier alpha value is -3.38. The van der Waals surface area contributed by atoms with Crippen LogP contribution >= 0.6 is 12.2 Å². The third kappa shape index (κ3) is 6.08. The molecule has 0 saturated carbocycles. The molecule has 3 aromatic carbocycles. The lowest BCUT2D eigenvalue weighted by molar-refractivity contribution is 0.268. The summed E-state index contributed by atoms with van der Waals surface area (Å²) in [5.74, 6) is 1.41. The zero-order chi connectivity index (χ0) is 22.8. The van der Waals surface area contributed by atoms with Gasteiger partial charge in [0.2, 0.25) is 0 Å². The fourth-order valence-corrected chi connectivity index (χ4v) is 3.62. The molecule has 0 saturated heterocycles. The van der Waals surface area contributed by atoms with Gasteiger partial charge in [-0.2, -0.15) is 5.10 Å². The number of hydrogen-bond donors (Lipinski definition) is 2. The summed E-state index contributed by atoms with van der Waals surface area (Å²) in [4.78, 5) is 0. The number of ether oxygens (including phenoxy) is 2. The first-order valence-electron chi connectivity index (χ1n) is 10.7. The Morgan fingerprint density at radius 3 is 2.66 bits per heavy atom. The van der Waals surface area contributed by atoms with Crippen molar-refractivity contribution in [1.29, 1.82) is 0 Å². The first-order chi connectivity index (χ1) is 15.7. The van der Waals surface area contributed by atoms with E-state index >= 15 is 0 Å². The second-order valence-corrected chi connectivity index (χ2v) is 7.50. The van der Waals surface area contributed by atoms with Gasteiger partial charge >= 0.3 is 0 Å². The minimum absolute atomic E-state index is 0.442. The number of hydrogen-bond acceptors (Lipinski definition) is 4. The molecule has 5 nitrogen and oxygen atoms in total. The van der Waals surface area contributed by atoms with Crippen LogP contribution in [0, 0.1) is 0 Å². The Balaban J connectivity index is 1.88. The van der Waals surface area contributed by atoms with Crippen LogP contribution in [0.4, 0.5) is 0 Å². The van der Waals surface area contributed by atoms with Gasteiger partial charge in [-0.1, -0.05) is 48.5 Å². The number of allylic oxidation sites excluding steroid dienone is 1. The summed E-state index contributed by atoms with van der Waals surface area (Å²) < 4.78 is 12.3. The SMILES string of the molecule is C=CCc1cc(/C=N\NC(=S)NCC)cc(OCC)c1OCc1cccc2ccccc12. The van der Waals surface area contributed by atoms with E-state index < -0.39 is 0 Å². The summed E-state index contributed by atoms with van der Waals surface area (Å²) in [5.41, 5.74) is 5.81. The highest BCUT2D eigenvalue weighted by atomic mass is 32.1. The molecule has 0 heterocycles. The zero-order valence-electron chi connectivity index (χ0n) is 18.6. The Kier molecular flexibility index (Phi) is 8.63. The van der Waals surface area contributed by atoms with Crippen LogP contribution in [-0.2, 0) is 13.0 Å². The van der Waals surface area contributed by atoms with Crippen LogP contribution in [0.25, 0.3) is 10.8 Å². The summed E-state index contributed by atoms with van der Waals surface area (Å²) in [5, 5.41) is 10.1. The molecule has 0 fully saturated rings. The molecule has 6 heteroatoms. The first kappa shape index (κ1) is 23.3. The third-order valence-electron chi connectivity index (χ3n) is 4.79. The molecule has 0 aliphatic heterocycles. The average Bonchev–Trinajstić information content (AvgIpc) is 2.79. The van der Waals surface area contributed by atoms with Crippen LogP contribution in [0.15, 0.2) is 72.4 Å². The van der Waals surface area contributed by atoms with Crippen LogP contribution < -0.4 is 20.2 Å². The highest BCUT2D eigenvalue weighted by molar-refractivity contribution is 7.80. The summed E-state index contributed by atoms with van der Waals surface area (Å²) in [6.07, 6.45) is 4.22. The predicted octanol–water partition coefficient (Wildman–Crippen LogP) is 5.36. The molecule has 0 radical (unpaired) electrons. The average molecular weight is 448 g/mol. The minimum Gasteiger partial charge on any atom is -0.490 e. The van der Waals surface area contributed by atoms with E-state index in [4.69, 9.17) is 21.7 Å². The summed E-state index contributed by atoms with van der Waals surface area (Å²) in [7, 11) is 0. The molecule has 0 amide bonds. The van der Waals surface area contributed by atoms with Crippen molar-refractivity contribution in [3.63, 3.8) is 0 Å². The number of nitrogens with one attached hydrogen (secondary N) is 2. The Morgan fingerprint density at radius 1 is 1.06 bits per heavy atom. The van der Waals surface area contributed by atoms with E-state index in [2.05, 4.69) is 52.8 Å². The molecule has 0 spiro atoms. The van der Waals surface area contributed by atoms with Crippen LogP contribution in [0.2, 0.25) is 0 Å². The molecule has 32 heavy (non-hydrogen) atoms. The monoisotopic (exact) mass is 447 g/mol. The maximum Gasteiger partial charge on any atom is 0.186 e. The second-order valence-electron chi connectivity index (χ2n) is 7.09. The Morgan fingerprint density at radius 2 is 1.88 bits per heavy atom. The van der Waals surface area contributed by atoms with Gasteiger partial charge in [-0.3, -0.25) is 5.43 Å². The van der Waals surface area contributed by atoms with Gasteiger partial charge in [-0.25, -0.2) is 0 Å². The van der Waals surface area contributed by atoms with Crippen molar-refractivity contribution < 1.29 is 9.47 Å². The van der Waals surface area contributed by atoms with Crippen molar-refractivity contribution in [2.45, 2.75) is 26.9 Å². The molecule has 2 N–H and O–H groups in total. The third-order valence-corrected chi connectivity index (χ3v) is 5.02. The number of benzene rings is 3. The molecule has 166 valence electrons. The molecular weight excluding hydrogens is 418 g/mol. The van der Waals surface area contributed by atoms with Crippen molar-refractivity contribution in [2.75, 3.05) is 13.2 Å². The lowest BCUT2D eigenvalue weighted by Gasteiger charge is -2.17. The van der Waals surface area contributed by atoms with Crippen molar-refractivity contribution in [2.24, 2.45) is 5.10 Å². The van der Waals surface area contributed by atoms with Gasteiger partial charge in [0.15, 0.2) is 16.6 Å². The number of nitrogens with zero attached hydrogens (tertiary/aromatic N) is 1. The molecular formula is C26H29N3O2S. The van der Waals surface area contributed by atoms with Gasteiger partial charge < -0.3 is 14.8 Å². The van der Waals surface area contributed by atoms with Crippen molar-refractivity contribution in [3.8, 4) is 11.5 Å². The predicted molar refractivity (Wildman–Crippen MR) is 137 cm³/mol. The van der Waals surface area contributed by atoms with Crippen molar-refractivity contribution in [1.82, 2.24) is 10.7 Å². The maximum absolute atomic E-state index is 6.33. The number of rotatable bonds is 10. The molecule has 3 aromatic rings. The van der Waals surface area contributed by atoms with Gasteiger partial charge in [0.05, 0.1) is 12.8 Å². The fourth-order valence-electron chi connectivity index (χ4n) is 3.43. The normalized spacial score (nSPS) is 10.8. The van der Waals surface area contributed by atoms with Gasteiger partial charge in [0, 0.05) is 12.1 Å². The minimum atomic E-state index is 0.442. The number of fused-ring (bicyclic) bond motifs is 1. The fraction of sp³-hybridized carbons (Fsp3) is 0.231. The summed E-state index contributed by atoms with van der Waals surface area (Å²) in [6, 6.07) is 18.5. The summed E-state index contributed by atoms with van der Waals surface area (Å²) in [6.45, 7) is 9.54. The van der Waals surface area contributed by atoms with E-state index in [1.165, 1.54) is 10.8 Å². The van der Waals surface area contributed by atoms with E-state index in [-0.39, 0.29) is 0 Å².